The minimum absolute atomic E-state index is 0.147. The summed E-state index contributed by atoms with van der Waals surface area (Å²) >= 11 is 0. The molecule has 0 unspecified atom stereocenters. The molecule has 5 rings (SSSR count). The van der Waals surface area contributed by atoms with Crippen molar-refractivity contribution in [2.75, 3.05) is 6.54 Å². The zero-order valence-electron chi connectivity index (χ0n) is 14.8. The van der Waals surface area contributed by atoms with E-state index in [1.165, 1.54) is 11.3 Å². The molecule has 0 saturated carbocycles. The van der Waals surface area contributed by atoms with Gasteiger partial charge in [0.25, 0.3) is 0 Å². The Morgan fingerprint density at radius 2 is 2.20 bits per heavy atom. The summed E-state index contributed by atoms with van der Waals surface area (Å²) in [5, 5.41) is 0. The van der Waals surface area contributed by atoms with Gasteiger partial charge in [-0.2, -0.15) is 0 Å². The lowest BCUT2D eigenvalue weighted by Gasteiger charge is -2.50. The first-order chi connectivity index (χ1) is 12.1. The topological polar surface area (TPSA) is 50.4 Å². The fourth-order valence-corrected chi connectivity index (χ4v) is 4.91. The third-order valence-electron chi connectivity index (χ3n) is 6.20. The number of H-pyrrole nitrogens is 1. The summed E-state index contributed by atoms with van der Waals surface area (Å²) in [6, 6.07) is 8.83. The lowest BCUT2D eigenvalue weighted by atomic mass is 9.74. The van der Waals surface area contributed by atoms with Crippen LogP contribution in [-0.4, -0.2) is 39.2 Å². The van der Waals surface area contributed by atoms with Gasteiger partial charge in [0.1, 0.15) is 11.4 Å². The summed E-state index contributed by atoms with van der Waals surface area (Å²) in [5.41, 5.74) is 2.18. The highest BCUT2D eigenvalue weighted by atomic mass is 16.5. The molecule has 4 atom stereocenters. The maximum atomic E-state index is 6.68. The largest absolute Gasteiger partial charge is 0.487 e. The van der Waals surface area contributed by atoms with E-state index >= 15 is 0 Å². The van der Waals surface area contributed by atoms with E-state index in [9.17, 15) is 0 Å². The minimum Gasteiger partial charge on any atom is -0.487 e. The van der Waals surface area contributed by atoms with E-state index in [1.54, 1.807) is 6.33 Å². The van der Waals surface area contributed by atoms with Gasteiger partial charge in [-0.15, -0.1) is 0 Å². The van der Waals surface area contributed by atoms with Crippen molar-refractivity contribution in [2.45, 2.75) is 57.1 Å². The van der Waals surface area contributed by atoms with E-state index in [4.69, 9.17) is 9.47 Å². The van der Waals surface area contributed by atoms with Crippen LogP contribution < -0.4 is 4.74 Å². The Labute approximate surface area is 148 Å². The molecule has 3 aliphatic heterocycles. The summed E-state index contributed by atoms with van der Waals surface area (Å²) in [5.74, 6) is 1.35. The summed E-state index contributed by atoms with van der Waals surface area (Å²) < 4.78 is 13.0. The molecule has 2 aromatic rings. The Hall–Kier alpha value is -1.85. The zero-order valence-corrected chi connectivity index (χ0v) is 14.8. The molecule has 0 amide bonds. The molecule has 1 aromatic carbocycles. The van der Waals surface area contributed by atoms with Crippen LogP contribution >= 0.6 is 0 Å². The highest BCUT2D eigenvalue weighted by Gasteiger charge is 2.52. The van der Waals surface area contributed by atoms with Crippen molar-refractivity contribution in [2.24, 2.45) is 5.92 Å². The van der Waals surface area contributed by atoms with Crippen LogP contribution in [0.5, 0.6) is 5.75 Å². The summed E-state index contributed by atoms with van der Waals surface area (Å²) in [4.78, 5) is 9.92. The maximum Gasteiger partial charge on any atom is 0.125 e. The molecule has 1 aromatic heterocycles. The van der Waals surface area contributed by atoms with E-state index < -0.39 is 0 Å². The molecule has 1 N–H and O–H groups in total. The average molecular weight is 339 g/mol. The molecule has 0 bridgehead atoms. The second-order valence-corrected chi connectivity index (χ2v) is 8.08. The molecule has 2 fully saturated rings. The number of nitrogens with one attached hydrogen (secondary N) is 1. The van der Waals surface area contributed by atoms with Crippen LogP contribution in [0.25, 0.3) is 0 Å². The summed E-state index contributed by atoms with van der Waals surface area (Å²) in [7, 11) is 0. The van der Waals surface area contributed by atoms with Crippen molar-refractivity contribution in [3.8, 4) is 5.75 Å². The van der Waals surface area contributed by atoms with Gasteiger partial charge in [0, 0.05) is 42.5 Å². The molecule has 0 radical (unpaired) electrons. The van der Waals surface area contributed by atoms with Crippen molar-refractivity contribution >= 4 is 0 Å². The van der Waals surface area contributed by atoms with Gasteiger partial charge >= 0.3 is 0 Å². The fraction of sp³-hybridized carbons (Fsp3) is 0.550. The van der Waals surface area contributed by atoms with Gasteiger partial charge in [0.15, 0.2) is 0 Å². The second kappa shape index (κ2) is 5.58. The number of rotatable bonds is 2. The van der Waals surface area contributed by atoms with Crippen LogP contribution in [0, 0.1) is 5.92 Å². The lowest BCUT2D eigenvalue weighted by Crippen LogP contribution is -2.53. The number of fused-ring (bicyclic) bond motifs is 4. The zero-order chi connectivity index (χ0) is 17.0. The summed E-state index contributed by atoms with van der Waals surface area (Å²) in [6.45, 7) is 6.41. The first kappa shape index (κ1) is 15.4. The predicted molar refractivity (Wildman–Crippen MR) is 94.3 cm³/mol. The van der Waals surface area contributed by atoms with Gasteiger partial charge in [-0.25, -0.2) is 4.98 Å². The van der Waals surface area contributed by atoms with Crippen molar-refractivity contribution in [3.05, 3.63) is 48.0 Å². The Balaban J connectivity index is 1.43. The quantitative estimate of drug-likeness (QED) is 0.912. The highest BCUT2D eigenvalue weighted by molar-refractivity contribution is 5.39. The van der Waals surface area contributed by atoms with Crippen LogP contribution in [0.4, 0.5) is 0 Å². The average Bonchev–Trinajstić information content (AvgIpc) is 3.24. The van der Waals surface area contributed by atoms with Gasteiger partial charge in [-0.3, -0.25) is 4.90 Å². The number of aromatic amines is 1. The Kier molecular flexibility index (Phi) is 3.44. The SMILES string of the molecule is CC1(C)Oc2ccccc2[C@@H]2O[C@@H]3CCN(Cc4cnc[nH]4)[C@@H]3C[C@H]21. The van der Waals surface area contributed by atoms with Gasteiger partial charge in [-0.05, 0) is 32.8 Å². The molecule has 2 saturated heterocycles. The lowest BCUT2D eigenvalue weighted by molar-refractivity contribution is -0.162. The molecular formula is C20H25N3O2. The van der Waals surface area contributed by atoms with Crippen LogP contribution in [0.15, 0.2) is 36.8 Å². The van der Waals surface area contributed by atoms with Gasteiger partial charge in [0.2, 0.25) is 0 Å². The minimum atomic E-state index is -0.216. The molecule has 132 valence electrons. The number of hydrogen-bond donors (Lipinski definition) is 1. The normalized spacial score (nSPS) is 33.2. The maximum absolute atomic E-state index is 6.68. The molecule has 25 heavy (non-hydrogen) atoms. The second-order valence-electron chi connectivity index (χ2n) is 8.08. The fourth-order valence-electron chi connectivity index (χ4n) is 4.91. The highest BCUT2D eigenvalue weighted by Crippen LogP contribution is 2.52. The number of aromatic nitrogens is 2. The van der Waals surface area contributed by atoms with E-state index in [0.717, 1.165) is 31.7 Å². The number of para-hydroxylation sites is 1. The third kappa shape index (κ3) is 2.49. The van der Waals surface area contributed by atoms with E-state index in [1.807, 2.05) is 12.3 Å². The number of hydrogen-bond acceptors (Lipinski definition) is 4. The van der Waals surface area contributed by atoms with Crippen molar-refractivity contribution in [1.29, 1.82) is 0 Å². The van der Waals surface area contributed by atoms with Gasteiger partial charge in [0.05, 0.1) is 18.5 Å². The van der Waals surface area contributed by atoms with E-state index in [2.05, 4.69) is 46.9 Å². The number of imidazole rings is 1. The number of ether oxygens (including phenoxy) is 2. The molecule has 0 aliphatic carbocycles. The third-order valence-corrected chi connectivity index (χ3v) is 6.20. The Morgan fingerprint density at radius 3 is 3.04 bits per heavy atom. The Morgan fingerprint density at radius 1 is 1.32 bits per heavy atom. The Bertz CT molecular complexity index is 758. The smallest absolute Gasteiger partial charge is 0.125 e. The standard InChI is InChI=1S/C20H25N3O2/c1-20(2)15-9-16-18(7-8-23(16)11-13-10-21-12-22-13)24-19(15)14-5-3-4-6-17(14)25-20/h3-6,10,12,15-16,18-19H,7-9,11H2,1-2H3,(H,21,22)/t15-,16-,18-,19+/m1/s1. The number of benzene rings is 1. The summed E-state index contributed by atoms with van der Waals surface area (Å²) in [6.07, 6.45) is 6.35. The first-order valence-electron chi connectivity index (χ1n) is 9.26. The van der Waals surface area contributed by atoms with E-state index in [-0.39, 0.29) is 11.7 Å². The molecule has 0 spiro atoms. The van der Waals surface area contributed by atoms with Gasteiger partial charge in [-0.1, -0.05) is 18.2 Å². The molecule has 5 nitrogen and oxygen atoms in total. The van der Waals surface area contributed by atoms with E-state index in [0.29, 0.717) is 18.1 Å². The molecule has 5 heteroatoms. The van der Waals surface area contributed by atoms with Crippen molar-refractivity contribution in [3.63, 3.8) is 0 Å². The molecule has 4 heterocycles. The number of likely N-dealkylation sites (tertiary alicyclic amines) is 1. The van der Waals surface area contributed by atoms with Crippen LogP contribution in [0.1, 0.15) is 44.1 Å². The molecule has 3 aliphatic rings. The molecular weight excluding hydrogens is 314 g/mol. The van der Waals surface area contributed by atoms with Crippen LogP contribution in [-0.2, 0) is 11.3 Å². The van der Waals surface area contributed by atoms with Crippen LogP contribution in [0.2, 0.25) is 0 Å². The monoisotopic (exact) mass is 339 g/mol. The predicted octanol–water partition coefficient (Wildman–Crippen LogP) is 3.30. The van der Waals surface area contributed by atoms with Gasteiger partial charge < -0.3 is 14.5 Å². The number of nitrogens with zero attached hydrogens (tertiary/aromatic N) is 2. The first-order valence-corrected chi connectivity index (χ1v) is 9.26. The van der Waals surface area contributed by atoms with Crippen molar-refractivity contribution in [1.82, 2.24) is 14.9 Å². The van der Waals surface area contributed by atoms with Crippen molar-refractivity contribution < 1.29 is 9.47 Å². The van der Waals surface area contributed by atoms with Crippen LogP contribution in [0.3, 0.4) is 0 Å².